The van der Waals surface area contributed by atoms with Crippen LogP contribution in [0.1, 0.15) is 0 Å². The molecule has 5 heteroatoms. The van der Waals surface area contributed by atoms with Crippen LogP contribution in [0.2, 0.25) is 10.3 Å². The third-order valence-electron chi connectivity index (χ3n) is 1.84. The highest BCUT2D eigenvalue weighted by Crippen LogP contribution is 2.27. The molecule has 0 saturated carbocycles. The zero-order valence-electron chi connectivity index (χ0n) is 7.42. The van der Waals surface area contributed by atoms with Crippen molar-refractivity contribution in [3.05, 3.63) is 45.2 Å². The van der Waals surface area contributed by atoms with Gasteiger partial charge in [0.25, 0.3) is 0 Å². The van der Waals surface area contributed by atoms with Gasteiger partial charge in [-0.3, -0.25) is 0 Å². The molecule has 1 aromatic carbocycles. The summed E-state index contributed by atoms with van der Waals surface area (Å²) in [5.41, 5.74) is 1.66. The van der Waals surface area contributed by atoms with Crippen molar-refractivity contribution in [3.8, 4) is 11.3 Å². The molecule has 2 nitrogen and oxygen atoms in total. The molecule has 0 atom stereocenters. The van der Waals surface area contributed by atoms with E-state index < -0.39 is 0 Å². The fraction of sp³-hybridized carbons (Fsp3) is 0. The molecule has 2 aromatic rings. The molecule has 0 radical (unpaired) electrons. The molecule has 0 saturated heterocycles. The smallest absolute Gasteiger partial charge is 0.222 e. The van der Waals surface area contributed by atoms with Crippen LogP contribution in [0, 0.1) is 0 Å². The molecule has 0 spiro atoms. The van der Waals surface area contributed by atoms with Crippen LogP contribution in [0.15, 0.2) is 34.9 Å². The normalized spacial score (nSPS) is 10.3. The first-order chi connectivity index (χ1) is 7.16. The van der Waals surface area contributed by atoms with Crippen molar-refractivity contribution in [2.45, 2.75) is 0 Å². The average molecular weight is 304 g/mol. The van der Waals surface area contributed by atoms with Crippen molar-refractivity contribution in [3.63, 3.8) is 0 Å². The predicted octanol–water partition coefficient (Wildman–Crippen LogP) is 4.21. The monoisotopic (exact) mass is 302 g/mol. The summed E-state index contributed by atoms with van der Waals surface area (Å²) in [5, 5.41) is 0.869. The lowest BCUT2D eigenvalue weighted by Crippen LogP contribution is -1.86. The number of hydrogen-bond donors (Lipinski definition) is 0. The molecule has 0 aliphatic heterocycles. The van der Waals surface area contributed by atoms with E-state index in [1.54, 1.807) is 12.3 Å². The minimum atomic E-state index is 0.228. The van der Waals surface area contributed by atoms with E-state index in [-0.39, 0.29) is 5.28 Å². The topological polar surface area (TPSA) is 25.8 Å². The van der Waals surface area contributed by atoms with Crippen LogP contribution in [0.4, 0.5) is 0 Å². The Bertz CT molecular complexity index is 503. The third-order valence-corrected chi connectivity index (χ3v) is 3.26. The summed E-state index contributed by atoms with van der Waals surface area (Å²) in [5.74, 6) is 0. The first kappa shape index (κ1) is 10.9. The fourth-order valence-electron chi connectivity index (χ4n) is 1.15. The summed E-state index contributed by atoms with van der Waals surface area (Å²) < 4.78 is 0.855. The standard InChI is InChI=1S/C10H5BrCl2N2/c11-7-2-1-6(5-8(7)12)9-3-4-14-10(13)15-9/h1-5H. The third kappa shape index (κ3) is 2.48. The SMILES string of the molecule is Clc1nccc(-c2ccc(Br)c(Cl)c2)n1. The Labute approximate surface area is 105 Å². The fourth-order valence-corrected chi connectivity index (χ4v) is 1.73. The van der Waals surface area contributed by atoms with Gasteiger partial charge in [0, 0.05) is 16.2 Å². The quantitative estimate of drug-likeness (QED) is 0.737. The second-order valence-corrected chi connectivity index (χ2v) is 4.44. The summed E-state index contributed by atoms with van der Waals surface area (Å²) in [6, 6.07) is 7.39. The van der Waals surface area contributed by atoms with Crippen LogP contribution in [0.3, 0.4) is 0 Å². The van der Waals surface area contributed by atoms with Crippen LogP contribution < -0.4 is 0 Å². The van der Waals surface area contributed by atoms with Gasteiger partial charge in [-0.05, 0) is 45.7 Å². The van der Waals surface area contributed by atoms with Crippen molar-refractivity contribution in [2.24, 2.45) is 0 Å². The number of aromatic nitrogens is 2. The van der Waals surface area contributed by atoms with Gasteiger partial charge in [0.05, 0.1) is 10.7 Å². The Hall–Kier alpha value is -0.640. The molecule has 0 aliphatic carbocycles. The van der Waals surface area contributed by atoms with E-state index in [1.807, 2.05) is 18.2 Å². The maximum atomic E-state index is 5.98. The molecule has 2 rings (SSSR count). The summed E-state index contributed by atoms with van der Waals surface area (Å²) in [6.07, 6.45) is 1.61. The highest BCUT2D eigenvalue weighted by atomic mass is 79.9. The molecular formula is C10H5BrCl2N2. The number of halogens is 3. The molecule has 0 unspecified atom stereocenters. The Balaban J connectivity index is 2.50. The van der Waals surface area contributed by atoms with Gasteiger partial charge >= 0.3 is 0 Å². The zero-order chi connectivity index (χ0) is 10.8. The van der Waals surface area contributed by atoms with E-state index in [1.165, 1.54) is 0 Å². The molecule has 0 bridgehead atoms. The van der Waals surface area contributed by atoms with E-state index in [0.717, 1.165) is 15.7 Å². The lowest BCUT2D eigenvalue weighted by Gasteiger charge is -2.02. The van der Waals surface area contributed by atoms with E-state index in [2.05, 4.69) is 25.9 Å². The summed E-state index contributed by atoms with van der Waals surface area (Å²) in [4.78, 5) is 7.91. The van der Waals surface area contributed by atoms with Crippen molar-refractivity contribution in [1.82, 2.24) is 9.97 Å². The average Bonchev–Trinajstić information content (AvgIpc) is 2.22. The minimum absolute atomic E-state index is 0.228. The van der Waals surface area contributed by atoms with Gasteiger partial charge < -0.3 is 0 Å². The molecule has 0 aliphatic rings. The Kier molecular flexibility index (Phi) is 3.24. The van der Waals surface area contributed by atoms with Crippen LogP contribution in [-0.2, 0) is 0 Å². The number of nitrogens with zero attached hydrogens (tertiary/aromatic N) is 2. The minimum Gasteiger partial charge on any atom is -0.226 e. The van der Waals surface area contributed by atoms with Gasteiger partial charge in [-0.2, -0.15) is 0 Å². The maximum Gasteiger partial charge on any atom is 0.222 e. The summed E-state index contributed by atoms with van der Waals surface area (Å²) in [7, 11) is 0. The van der Waals surface area contributed by atoms with Gasteiger partial charge in [-0.25, -0.2) is 9.97 Å². The second kappa shape index (κ2) is 4.47. The number of hydrogen-bond acceptors (Lipinski definition) is 2. The molecule has 76 valence electrons. The van der Waals surface area contributed by atoms with E-state index >= 15 is 0 Å². The van der Waals surface area contributed by atoms with E-state index in [9.17, 15) is 0 Å². The van der Waals surface area contributed by atoms with Crippen molar-refractivity contribution < 1.29 is 0 Å². The van der Waals surface area contributed by atoms with Crippen LogP contribution in [0.5, 0.6) is 0 Å². The highest BCUT2D eigenvalue weighted by Gasteiger charge is 2.03. The molecular weight excluding hydrogens is 299 g/mol. The van der Waals surface area contributed by atoms with E-state index in [4.69, 9.17) is 23.2 Å². The van der Waals surface area contributed by atoms with Crippen LogP contribution in [-0.4, -0.2) is 9.97 Å². The number of benzene rings is 1. The molecule has 15 heavy (non-hydrogen) atoms. The second-order valence-electron chi connectivity index (χ2n) is 2.84. The van der Waals surface area contributed by atoms with Gasteiger partial charge in [0.1, 0.15) is 0 Å². The van der Waals surface area contributed by atoms with Crippen molar-refractivity contribution >= 4 is 39.1 Å². The lowest BCUT2D eigenvalue weighted by atomic mass is 10.1. The van der Waals surface area contributed by atoms with Gasteiger partial charge in [0.2, 0.25) is 5.28 Å². The highest BCUT2D eigenvalue weighted by molar-refractivity contribution is 9.10. The van der Waals surface area contributed by atoms with Crippen LogP contribution in [0.25, 0.3) is 11.3 Å². The number of rotatable bonds is 1. The largest absolute Gasteiger partial charge is 0.226 e. The maximum absolute atomic E-state index is 5.98. The van der Waals surface area contributed by atoms with Gasteiger partial charge in [-0.1, -0.05) is 17.7 Å². The Morgan fingerprint density at radius 2 is 1.93 bits per heavy atom. The Morgan fingerprint density at radius 1 is 1.13 bits per heavy atom. The van der Waals surface area contributed by atoms with Gasteiger partial charge in [0.15, 0.2) is 0 Å². The molecule has 1 aromatic heterocycles. The zero-order valence-corrected chi connectivity index (χ0v) is 10.5. The van der Waals surface area contributed by atoms with Crippen LogP contribution >= 0.6 is 39.1 Å². The Morgan fingerprint density at radius 3 is 2.60 bits per heavy atom. The molecule has 1 heterocycles. The molecule has 0 N–H and O–H groups in total. The van der Waals surface area contributed by atoms with Crippen molar-refractivity contribution in [1.29, 1.82) is 0 Å². The van der Waals surface area contributed by atoms with Crippen molar-refractivity contribution in [2.75, 3.05) is 0 Å². The van der Waals surface area contributed by atoms with E-state index in [0.29, 0.717) is 5.02 Å². The summed E-state index contributed by atoms with van der Waals surface area (Å²) >= 11 is 15.0. The lowest BCUT2D eigenvalue weighted by molar-refractivity contribution is 1.17. The summed E-state index contributed by atoms with van der Waals surface area (Å²) in [6.45, 7) is 0. The first-order valence-electron chi connectivity index (χ1n) is 4.11. The predicted molar refractivity (Wildman–Crippen MR) is 65.2 cm³/mol. The molecule has 0 fully saturated rings. The molecule has 0 amide bonds. The van der Waals surface area contributed by atoms with Gasteiger partial charge in [-0.15, -0.1) is 0 Å². The first-order valence-corrected chi connectivity index (χ1v) is 5.65.